The minimum atomic E-state index is 0.515. The highest BCUT2D eigenvalue weighted by molar-refractivity contribution is 5.74. The molecule has 1 fully saturated rings. The van der Waals surface area contributed by atoms with Crippen LogP contribution in [0.5, 0.6) is 0 Å². The van der Waals surface area contributed by atoms with E-state index in [0.29, 0.717) is 11.8 Å². The van der Waals surface area contributed by atoms with Crippen LogP contribution in [0.3, 0.4) is 0 Å². The maximum atomic E-state index is 5.93. The van der Waals surface area contributed by atoms with Crippen molar-refractivity contribution in [1.82, 2.24) is 14.5 Å². The van der Waals surface area contributed by atoms with Crippen LogP contribution in [0.25, 0.3) is 11.0 Å². The number of aromatic nitrogens is 3. The summed E-state index contributed by atoms with van der Waals surface area (Å²) in [6.45, 7) is 0.770. The minimum absolute atomic E-state index is 0.515. The van der Waals surface area contributed by atoms with Crippen LogP contribution in [0.4, 0.5) is 0 Å². The summed E-state index contributed by atoms with van der Waals surface area (Å²) in [5.74, 6) is 2.29. The van der Waals surface area contributed by atoms with Gasteiger partial charge < -0.3 is 10.3 Å². The van der Waals surface area contributed by atoms with Crippen molar-refractivity contribution in [2.45, 2.75) is 31.6 Å². The third-order valence-electron chi connectivity index (χ3n) is 4.26. The van der Waals surface area contributed by atoms with Gasteiger partial charge in [-0.1, -0.05) is 12.8 Å². The van der Waals surface area contributed by atoms with Crippen molar-refractivity contribution in [2.75, 3.05) is 6.54 Å². The van der Waals surface area contributed by atoms with Crippen molar-refractivity contribution in [1.29, 1.82) is 0 Å². The van der Waals surface area contributed by atoms with Crippen LogP contribution in [-0.2, 0) is 7.05 Å². The molecule has 0 spiro atoms. The Hall–Kier alpha value is -1.42. The van der Waals surface area contributed by atoms with Gasteiger partial charge in [0.1, 0.15) is 5.82 Å². The second kappa shape index (κ2) is 4.69. The van der Waals surface area contributed by atoms with Crippen LogP contribution in [0.1, 0.15) is 37.4 Å². The van der Waals surface area contributed by atoms with Gasteiger partial charge in [-0.3, -0.25) is 4.98 Å². The topological polar surface area (TPSA) is 56.7 Å². The van der Waals surface area contributed by atoms with Gasteiger partial charge in [-0.05, 0) is 31.4 Å². The first-order valence-corrected chi connectivity index (χ1v) is 6.77. The lowest BCUT2D eigenvalue weighted by molar-refractivity contribution is 0.301. The Balaban J connectivity index is 2.04. The molecule has 0 amide bonds. The van der Waals surface area contributed by atoms with E-state index in [1.807, 2.05) is 12.3 Å². The minimum Gasteiger partial charge on any atom is -0.330 e. The highest BCUT2D eigenvalue weighted by Gasteiger charge is 2.29. The van der Waals surface area contributed by atoms with Crippen molar-refractivity contribution >= 4 is 11.0 Å². The standard InChI is InChI=1S/C14H20N4/c1-18-13-9-16-7-6-12(13)17-14(18)11-5-3-2-4-10(11)8-15/h6-7,9-11H,2-5,8,15H2,1H3. The third kappa shape index (κ3) is 1.81. The Bertz CT molecular complexity index is 546. The number of aryl methyl sites for hydroxylation is 1. The molecule has 2 aromatic rings. The second-order valence-corrected chi connectivity index (χ2v) is 5.28. The van der Waals surface area contributed by atoms with Gasteiger partial charge in [-0.25, -0.2) is 4.98 Å². The molecule has 0 radical (unpaired) electrons. The molecule has 4 nitrogen and oxygen atoms in total. The number of fused-ring (bicyclic) bond motifs is 1. The number of hydrogen-bond acceptors (Lipinski definition) is 3. The lowest BCUT2D eigenvalue weighted by Crippen LogP contribution is -2.27. The Morgan fingerprint density at radius 2 is 2.22 bits per heavy atom. The summed E-state index contributed by atoms with van der Waals surface area (Å²) < 4.78 is 2.20. The Kier molecular flexibility index (Phi) is 3.04. The van der Waals surface area contributed by atoms with Crippen LogP contribution in [-0.4, -0.2) is 21.1 Å². The maximum Gasteiger partial charge on any atom is 0.113 e. The average Bonchev–Trinajstić information content (AvgIpc) is 2.76. The first kappa shape index (κ1) is 11.7. The number of nitrogens with zero attached hydrogens (tertiary/aromatic N) is 3. The smallest absolute Gasteiger partial charge is 0.113 e. The van der Waals surface area contributed by atoms with Crippen LogP contribution in [0, 0.1) is 5.92 Å². The van der Waals surface area contributed by atoms with Crippen molar-refractivity contribution in [3.8, 4) is 0 Å². The van der Waals surface area contributed by atoms with E-state index < -0.39 is 0 Å². The molecule has 4 heteroatoms. The molecule has 0 aliphatic heterocycles. The van der Waals surface area contributed by atoms with Crippen LogP contribution >= 0.6 is 0 Å². The van der Waals surface area contributed by atoms with Crippen molar-refractivity contribution in [2.24, 2.45) is 18.7 Å². The summed E-state index contributed by atoms with van der Waals surface area (Å²) in [6, 6.07) is 1.99. The molecule has 1 aliphatic carbocycles. The van der Waals surface area contributed by atoms with Gasteiger partial charge in [0.05, 0.1) is 17.2 Å². The predicted octanol–water partition coefficient (Wildman–Crippen LogP) is 2.20. The Morgan fingerprint density at radius 3 is 3.00 bits per heavy atom. The quantitative estimate of drug-likeness (QED) is 0.881. The molecular weight excluding hydrogens is 224 g/mol. The lowest BCUT2D eigenvalue weighted by atomic mass is 9.79. The van der Waals surface area contributed by atoms with E-state index in [-0.39, 0.29) is 0 Å². The summed E-state index contributed by atoms with van der Waals surface area (Å²) in [5, 5.41) is 0. The van der Waals surface area contributed by atoms with E-state index in [0.717, 1.165) is 17.6 Å². The molecule has 3 rings (SSSR count). The highest BCUT2D eigenvalue weighted by Crippen LogP contribution is 2.37. The molecule has 0 bridgehead atoms. The molecule has 96 valence electrons. The lowest BCUT2D eigenvalue weighted by Gasteiger charge is -2.30. The fourth-order valence-corrected chi connectivity index (χ4v) is 3.21. The second-order valence-electron chi connectivity index (χ2n) is 5.28. The van der Waals surface area contributed by atoms with E-state index in [1.165, 1.54) is 31.5 Å². The van der Waals surface area contributed by atoms with Crippen LogP contribution in [0.2, 0.25) is 0 Å². The average molecular weight is 244 g/mol. The SMILES string of the molecule is Cn1c(C2CCCCC2CN)nc2ccncc21. The Morgan fingerprint density at radius 1 is 1.39 bits per heavy atom. The van der Waals surface area contributed by atoms with E-state index in [9.17, 15) is 0 Å². The van der Waals surface area contributed by atoms with Crippen LogP contribution in [0.15, 0.2) is 18.5 Å². The zero-order chi connectivity index (χ0) is 12.5. The van der Waals surface area contributed by atoms with Gasteiger partial charge in [0.15, 0.2) is 0 Å². The zero-order valence-electron chi connectivity index (χ0n) is 10.8. The van der Waals surface area contributed by atoms with Gasteiger partial charge in [-0.15, -0.1) is 0 Å². The number of imidazole rings is 1. The van der Waals surface area contributed by atoms with Gasteiger partial charge in [0.2, 0.25) is 0 Å². The number of rotatable bonds is 2. The van der Waals surface area contributed by atoms with E-state index in [1.54, 1.807) is 6.20 Å². The summed E-state index contributed by atoms with van der Waals surface area (Å²) >= 11 is 0. The molecule has 2 heterocycles. The summed E-state index contributed by atoms with van der Waals surface area (Å²) in [6.07, 6.45) is 8.76. The molecule has 1 aliphatic rings. The molecule has 0 saturated heterocycles. The van der Waals surface area contributed by atoms with E-state index in [4.69, 9.17) is 10.7 Å². The highest BCUT2D eigenvalue weighted by atomic mass is 15.1. The molecule has 2 N–H and O–H groups in total. The normalized spacial score (nSPS) is 24.6. The monoisotopic (exact) mass is 244 g/mol. The third-order valence-corrected chi connectivity index (χ3v) is 4.26. The first-order valence-electron chi connectivity index (χ1n) is 6.77. The molecule has 1 saturated carbocycles. The van der Waals surface area contributed by atoms with Gasteiger partial charge in [0, 0.05) is 19.2 Å². The largest absolute Gasteiger partial charge is 0.330 e. The molecule has 2 aromatic heterocycles. The maximum absolute atomic E-state index is 5.93. The number of pyridine rings is 1. The molecule has 2 unspecified atom stereocenters. The van der Waals surface area contributed by atoms with Crippen LogP contribution < -0.4 is 5.73 Å². The summed E-state index contributed by atoms with van der Waals surface area (Å²) in [4.78, 5) is 8.99. The van der Waals surface area contributed by atoms with Gasteiger partial charge in [0.25, 0.3) is 0 Å². The summed E-state index contributed by atoms with van der Waals surface area (Å²) in [5.41, 5.74) is 8.09. The molecule has 0 aromatic carbocycles. The van der Waals surface area contributed by atoms with E-state index in [2.05, 4.69) is 16.6 Å². The Labute approximate surface area is 107 Å². The fraction of sp³-hybridized carbons (Fsp3) is 0.571. The number of nitrogens with two attached hydrogens (primary N) is 1. The van der Waals surface area contributed by atoms with Crippen molar-refractivity contribution in [3.05, 3.63) is 24.3 Å². The molecule has 2 atom stereocenters. The van der Waals surface area contributed by atoms with Gasteiger partial charge >= 0.3 is 0 Å². The molecule has 18 heavy (non-hydrogen) atoms. The zero-order valence-corrected chi connectivity index (χ0v) is 10.8. The fourth-order valence-electron chi connectivity index (χ4n) is 3.21. The molecular formula is C14H20N4. The predicted molar refractivity (Wildman–Crippen MR) is 72.3 cm³/mol. The summed E-state index contributed by atoms with van der Waals surface area (Å²) in [7, 11) is 2.09. The van der Waals surface area contributed by atoms with Gasteiger partial charge in [-0.2, -0.15) is 0 Å². The van der Waals surface area contributed by atoms with E-state index >= 15 is 0 Å². The first-order chi connectivity index (χ1) is 8.81. The van der Waals surface area contributed by atoms with Crippen molar-refractivity contribution in [3.63, 3.8) is 0 Å². The van der Waals surface area contributed by atoms with Crippen molar-refractivity contribution < 1.29 is 0 Å². The number of hydrogen-bond donors (Lipinski definition) is 1.